The number of hydrogen-bond acceptors (Lipinski definition) is 4. The smallest absolute Gasteiger partial charge is 0.226 e. The van der Waals surface area contributed by atoms with Crippen molar-refractivity contribution in [2.45, 2.75) is 26.2 Å². The van der Waals surface area contributed by atoms with Crippen molar-refractivity contribution in [1.29, 1.82) is 0 Å². The van der Waals surface area contributed by atoms with Crippen molar-refractivity contribution in [3.63, 3.8) is 0 Å². The number of nitrogens with zero attached hydrogens (tertiary/aromatic N) is 2. The topological polar surface area (TPSA) is 76.3 Å². The van der Waals surface area contributed by atoms with E-state index in [2.05, 4.69) is 4.98 Å². The molecule has 0 aliphatic rings. The number of carbonyl (C=O) groups is 2. The van der Waals surface area contributed by atoms with Crippen LogP contribution in [0.2, 0.25) is 0 Å². The minimum atomic E-state index is -0.556. The van der Waals surface area contributed by atoms with E-state index in [1.54, 1.807) is 30.3 Å². The van der Waals surface area contributed by atoms with Gasteiger partial charge in [0.25, 0.3) is 0 Å². The molecule has 0 saturated carbocycles. The molecule has 3 aromatic rings. The molecule has 1 heterocycles. The van der Waals surface area contributed by atoms with Crippen LogP contribution in [0, 0.1) is 5.82 Å². The van der Waals surface area contributed by atoms with E-state index in [9.17, 15) is 14.0 Å². The van der Waals surface area contributed by atoms with Gasteiger partial charge in [-0.2, -0.15) is 0 Å². The molecule has 1 aromatic heterocycles. The second-order valence-electron chi connectivity index (χ2n) is 7.02. The molecule has 5 nitrogen and oxygen atoms in total. The summed E-state index contributed by atoms with van der Waals surface area (Å²) in [6, 6.07) is 15.5. The first kappa shape index (κ1) is 21.2. The number of amides is 1. The maximum absolute atomic E-state index is 14.6. The van der Waals surface area contributed by atoms with Crippen molar-refractivity contribution >= 4 is 23.2 Å². The lowest BCUT2D eigenvalue weighted by Gasteiger charge is -2.16. The summed E-state index contributed by atoms with van der Waals surface area (Å²) in [6.07, 6.45) is 2.57. The Hall–Kier alpha value is -3.54. The van der Waals surface area contributed by atoms with E-state index in [0.29, 0.717) is 24.2 Å². The Kier molecular flexibility index (Phi) is 6.57. The van der Waals surface area contributed by atoms with Crippen molar-refractivity contribution in [3.8, 4) is 11.1 Å². The number of nitrogens with two attached hydrogens (primary N) is 1. The highest BCUT2D eigenvalue weighted by molar-refractivity contribution is 5.97. The van der Waals surface area contributed by atoms with Crippen molar-refractivity contribution < 1.29 is 14.0 Å². The van der Waals surface area contributed by atoms with E-state index in [1.165, 1.54) is 12.1 Å². The molecule has 2 aromatic carbocycles. The molecule has 154 valence electrons. The number of pyridine rings is 1. The van der Waals surface area contributed by atoms with Gasteiger partial charge in [-0.05, 0) is 53.4 Å². The maximum atomic E-state index is 14.6. The molecule has 2 N–H and O–H groups in total. The minimum absolute atomic E-state index is 0.0182. The van der Waals surface area contributed by atoms with Gasteiger partial charge in [-0.1, -0.05) is 31.2 Å². The molecule has 6 heteroatoms. The van der Waals surface area contributed by atoms with Gasteiger partial charge in [-0.3, -0.25) is 9.59 Å². The molecule has 30 heavy (non-hydrogen) atoms. The number of ketones is 1. The van der Waals surface area contributed by atoms with Crippen molar-refractivity contribution in [1.82, 2.24) is 4.98 Å². The molecule has 0 saturated heterocycles. The van der Waals surface area contributed by atoms with Crippen molar-refractivity contribution in [2.75, 3.05) is 17.7 Å². The summed E-state index contributed by atoms with van der Waals surface area (Å²) < 4.78 is 14.6. The zero-order valence-corrected chi connectivity index (χ0v) is 17.1. The Balaban J connectivity index is 1.72. The number of Topliss-reactive ketones (excluding diaryl/α,β-unsaturated/α-hetero) is 1. The molecule has 3 rings (SSSR count). The van der Waals surface area contributed by atoms with Crippen LogP contribution in [0.5, 0.6) is 0 Å². The van der Waals surface area contributed by atoms with Gasteiger partial charge in [0, 0.05) is 31.8 Å². The average Bonchev–Trinajstić information content (AvgIpc) is 2.77. The summed E-state index contributed by atoms with van der Waals surface area (Å²) in [4.78, 5) is 29.9. The molecule has 0 spiro atoms. The summed E-state index contributed by atoms with van der Waals surface area (Å²) >= 11 is 0. The molecule has 0 fully saturated rings. The Morgan fingerprint density at radius 1 is 1.07 bits per heavy atom. The van der Waals surface area contributed by atoms with Gasteiger partial charge in [-0.25, -0.2) is 9.37 Å². The number of benzene rings is 2. The average molecular weight is 405 g/mol. The first-order valence-electron chi connectivity index (χ1n) is 9.79. The number of rotatable bonds is 7. The van der Waals surface area contributed by atoms with Crippen LogP contribution < -0.4 is 10.6 Å². The Labute approximate surface area is 175 Å². The number of nitrogen functional groups attached to an aromatic ring is 1. The van der Waals surface area contributed by atoms with E-state index >= 15 is 0 Å². The molecular weight excluding hydrogens is 381 g/mol. The van der Waals surface area contributed by atoms with Crippen LogP contribution >= 0.6 is 0 Å². The lowest BCUT2D eigenvalue weighted by atomic mass is 9.98. The van der Waals surface area contributed by atoms with Crippen LogP contribution in [-0.2, 0) is 11.2 Å². The highest BCUT2D eigenvalue weighted by Gasteiger charge is 2.14. The number of anilines is 2. The standard InChI is InChI=1S/C24H24FN3O2/c1-3-23(30)28(2)19-10-6-16(7-11-19)18-8-12-20(21(25)15-18)22(29)13-9-17-5-4-14-27-24(17)26/h4-8,10-12,14-15H,3,9,13H2,1-2H3,(H2,26,27). The second-order valence-corrected chi connectivity index (χ2v) is 7.02. The van der Waals surface area contributed by atoms with Crippen LogP contribution in [0.1, 0.15) is 35.7 Å². The van der Waals surface area contributed by atoms with Gasteiger partial charge < -0.3 is 10.6 Å². The van der Waals surface area contributed by atoms with Gasteiger partial charge in [0.15, 0.2) is 5.78 Å². The van der Waals surface area contributed by atoms with Gasteiger partial charge >= 0.3 is 0 Å². The predicted octanol–water partition coefficient (Wildman–Crippen LogP) is 4.66. The predicted molar refractivity (Wildman–Crippen MR) is 117 cm³/mol. The molecular formula is C24H24FN3O2. The van der Waals surface area contributed by atoms with Crippen LogP contribution in [0.25, 0.3) is 11.1 Å². The molecule has 1 amide bonds. The lowest BCUT2D eigenvalue weighted by molar-refractivity contribution is -0.118. The molecule has 0 radical (unpaired) electrons. The minimum Gasteiger partial charge on any atom is -0.383 e. The third-order valence-electron chi connectivity index (χ3n) is 5.08. The van der Waals surface area contributed by atoms with Crippen molar-refractivity contribution in [3.05, 3.63) is 77.7 Å². The van der Waals surface area contributed by atoms with E-state index in [4.69, 9.17) is 5.73 Å². The number of hydrogen-bond donors (Lipinski definition) is 1. The summed E-state index contributed by atoms with van der Waals surface area (Å²) in [7, 11) is 1.72. The zero-order chi connectivity index (χ0) is 21.7. The number of carbonyl (C=O) groups excluding carboxylic acids is 2. The first-order chi connectivity index (χ1) is 14.4. The fourth-order valence-electron chi connectivity index (χ4n) is 3.22. The second kappa shape index (κ2) is 9.31. The maximum Gasteiger partial charge on any atom is 0.226 e. The van der Waals surface area contributed by atoms with E-state index in [1.807, 2.05) is 37.3 Å². The number of aryl methyl sites for hydroxylation is 1. The van der Waals surface area contributed by atoms with Crippen LogP contribution in [0.15, 0.2) is 60.8 Å². The molecule has 0 aliphatic heterocycles. The normalized spacial score (nSPS) is 10.6. The van der Waals surface area contributed by atoms with Gasteiger partial charge in [0.1, 0.15) is 11.6 Å². The zero-order valence-electron chi connectivity index (χ0n) is 17.1. The fraction of sp³-hybridized carbons (Fsp3) is 0.208. The highest BCUT2D eigenvalue weighted by atomic mass is 19.1. The number of aromatic nitrogens is 1. The third-order valence-corrected chi connectivity index (χ3v) is 5.08. The SMILES string of the molecule is CCC(=O)N(C)c1ccc(-c2ccc(C(=O)CCc3cccnc3N)c(F)c2)cc1. The Morgan fingerprint density at radius 2 is 1.77 bits per heavy atom. The van der Waals surface area contributed by atoms with Crippen molar-refractivity contribution in [2.24, 2.45) is 0 Å². The van der Waals surface area contributed by atoms with E-state index < -0.39 is 5.82 Å². The largest absolute Gasteiger partial charge is 0.383 e. The van der Waals surface area contributed by atoms with E-state index in [0.717, 1.165) is 16.8 Å². The van der Waals surface area contributed by atoms with Crippen LogP contribution in [-0.4, -0.2) is 23.7 Å². The Bertz CT molecular complexity index is 1060. The van der Waals surface area contributed by atoms with Crippen LogP contribution in [0.4, 0.5) is 15.9 Å². The highest BCUT2D eigenvalue weighted by Crippen LogP contribution is 2.26. The van der Waals surface area contributed by atoms with Gasteiger partial charge in [-0.15, -0.1) is 0 Å². The van der Waals surface area contributed by atoms with Crippen LogP contribution in [0.3, 0.4) is 0 Å². The Morgan fingerprint density at radius 3 is 2.40 bits per heavy atom. The van der Waals surface area contributed by atoms with Gasteiger partial charge in [0.2, 0.25) is 5.91 Å². The lowest BCUT2D eigenvalue weighted by Crippen LogP contribution is -2.24. The molecule has 0 unspecified atom stereocenters. The monoisotopic (exact) mass is 405 g/mol. The first-order valence-corrected chi connectivity index (χ1v) is 9.79. The number of halogens is 1. The summed E-state index contributed by atoms with van der Waals surface area (Å²) in [5, 5.41) is 0. The summed E-state index contributed by atoms with van der Waals surface area (Å²) in [6.45, 7) is 1.81. The third kappa shape index (κ3) is 4.71. The fourth-order valence-corrected chi connectivity index (χ4v) is 3.22. The van der Waals surface area contributed by atoms with E-state index in [-0.39, 0.29) is 23.7 Å². The molecule has 0 aliphatic carbocycles. The summed E-state index contributed by atoms with van der Waals surface area (Å²) in [5.41, 5.74) is 8.87. The van der Waals surface area contributed by atoms with Gasteiger partial charge in [0.05, 0.1) is 5.56 Å². The molecule has 0 atom stereocenters. The summed E-state index contributed by atoms with van der Waals surface area (Å²) in [5.74, 6) is -0.433. The molecule has 0 bridgehead atoms. The quantitative estimate of drug-likeness (QED) is 0.580.